The van der Waals surface area contributed by atoms with E-state index in [9.17, 15) is 8.78 Å². The van der Waals surface area contributed by atoms with Crippen molar-refractivity contribution in [3.05, 3.63) is 65.4 Å². The Labute approximate surface area is 211 Å². The number of methoxy groups -OCH3 is 1. The lowest BCUT2D eigenvalue weighted by atomic mass is 10.1. The first kappa shape index (κ1) is 23.0. The van der Waals surface area contributed by atoms with Crippen LogP contribution in [0.15, 0.2) is 42.6 Å². The number of fused-ring (bicyclic) bond motifs is 2. The fourth-order valence-electron chi connectivity index (χ4n) is 4.74. The van der Waals surface area contributed by atoms with Gasteiger partial charge in [0.25, 0.3) is 5.92 Å². The van der Waals surface area contributed by atoms with Crippen LogP contribution in [0.3, 0.4) is 0 Å². The molecule has 10 nitrogen and oxygen atoms in total. The van der Waals surface area contributed by atoms with E-state index < -0.39 is 12.1 Å². The quantitative estimate of drug-likeness (QED) is 0.307. The summed E-state index contributed by atoms with van der Waals surface area (Å²) >= 11 is 0. The summed E-state index contributed by atoms with van der Waals surface area (Å²) in [5.41, 5.74) is 4.10. The lowest BCUT2D eigenvalue weighted by molar-refractivity contribution is -0.00582. The average Bonchev–Trinajstić information content (AvgIpc) is 3.55. The minimum atomic E-state index is -2.91. The number of aryl methyl sites for hydroxylation is 3. The van der Waals surface area contributed by atoms with E-state index in [1.807, 2.05) is 31.2 Å². The topological polar surface area (TPSA) is 118 Å². The Balaban J connectivity index is 1.33. The molecule has 0 spiro atoms. The molecule has 4 N–H and O–H groups in total. The Hall–Kier alpha value is -4.48. The maximum absolute atomic E-state index is 14.3. The highest BCUT2D eigenvalue weighted by Crippen LogP contribution is 2.41. The SMILES string of the molecule is COc1c(NC2=CC(Nc3ccc4c(n3)C(F)(F)CC4)Nc3nc(C)[nH]c32)cccc1-c1cnn(C)n1. The molecule has 4 heterocycles. The summed E-state index contributed by atoms with van der Waals surface area (Å²) in [6.45, 7) is 1.86. The van der Waals surface area contributed by atoms with Gasteiger partial charge in [-0.2, -0.15) is 23.8 Å². The number of pyridine rings is 1. The lowest BCUT2D eigenvalue weighted by Crippen LogP contribution is -2.31. The van der Waals surface area contributed by atoms with E-state index in [1.54, 1.807) is 32.5 Å². The fraction of sp³-hybridized carbons (Fsp3) is 0.280. The number of aromatic amines is 1. The minimum absolute atomic E-state index is 0.155. The highest BCUT2D eigenvalue weighted by molar-refractivity contribution is 5.87. The number of imidazole rings is 1. The summed E-state index contributed by atoms with van der Waals surface area (Å²) in [5.74, 6) is -0.609. The van der Waals surface area contributed by atoms with Crippen molar-refractivity contribution in [1.82, 2.24) is 29.9 Å². The fourth-order valence-corrected chi connectivity index (χ4v) is 4.74. The van der Waals surface area contributed by atoms with Gasteiger partial charge in [-0.1, -0.05) is 12.1 Å². The van der Waals surface area contributed by atoms with Crippen molar-refractivity contribution in [2.45, 2.75) is 31.9 Å². The van der Waals surface area contributed by atoms with Gasteiger partial charge in [0.05, 0.1) is 24.7 Å². The molecule has 190 valence electrons. The first-order chi connectivity index (χ1) is 17.8. The van der Waals surface area contributed by atoms with Gasteiger partial charge in [0.15, 0.2) is 11.6 Å². The molecule has 6 rings (SSSR count). The maximum Gasteiger partial charge on any atom is 0.290 e. The van der Waals surface area contributed by atoms with Crippen LogP contribution in [0.2, 0.25) is 0 Å². The number of ether oxygens (including phenoxy) is 1. The first-order valence-electron chi connectivity index (χ1n) is 11.8. The van der Waals surface area contributed by atoms with Crippen LogP contribution >= 0.6 is 0 Å². The maximum atomic E-state index is 14.3. The van der Waals surface area contributed by atoms with E-state index in [4.69, 9.17) is 4.74 Å². The number of hydrogen-bond acceptors (Lipinski definition) is 8. The molecular formula is C25H25F2N9O. The molecule has 0 amide bonds. The standard InChI is InChI=1S/C25H25F2N9O/c1-13-29-21-17(31-16-6-4-5-15(22(16)37-3)18-12-28-36(2)35-18)11-20(34-24(21)30-13)32-19-8-7-14-9-10-25(26,27)23(14)33-19/h4-8,11-12,20,31,34H,9-10H2,1-3H3,(H,29,30)(H,32,33). The van der Waals surface area contributed by atoms with Gasteiger partial charge >= 0.3 is 0 Å². The smallest absolute Gasteiger partial charge is 0.290 e. The van der Waals surface area contributed by atoms with E-state index in [0.29, 0.717) is 40.8 Å². The van der Waals surface area contributed by atoms with Crippen LogP contribution in [0, 0.1) is 6.92 Å². The zero-order valence-electron chi connectivity index (χ0n) is 20.4. The predicted molar refractivity (Wildman–Crippen MR) is 135 cm³/mol. The molecule has 1 aliphatic heterocycles. The zero-order chi connectivity index (χ0) is 25.7. The molecule has 0 radical (unpaired) electrons. The normalized spacial score (nSPS) is 17.4. The summed E-state index contributed by atoms with van der Waals surface area (Å²) in [5, 5.41) is 18.5. The predicted octanol–water partition coefficient (Wildman–Crippen LogP) is 4.27. The molecule has 0 saturated heterocycles. The molecule has 0 saturated carbocycles. The van der Waals surface area contributed by atoms with Gasteiger partial charge in [0.2, 0.25) is 0 Å². The number of para-hydroxylation sites is 1. The second-order valence-electron chi connectivity index (χ2n) is 9.03. The molecule has 37 heavy (non-hydrogen) atoms. The number of H-pyrrole nitrogens is 1. The molecular weight excluding hydrogens is 480 g/mol. The zero-order valence-corrected chi connectivity index (χ0v) is 20.4. The van der Waals surface area contributed by atoms with Crippen LogP contribution in [0.25, 0.3) is 17.0 Å². The Kier molecular flexibility index (Phi) is 5.32. The van der Waals surface area contributed by atoms with Crippen LogP contribution < -0.4 is 20.7 Å². The molecule has 0 fully saturated rings. The summed E-state index contributed by atoms with van der Waals surface area (Å²) in [4.78, 5) is 13.5. The van der Waals surface area contributed by atoms with Gasteiger partial charge in [0.1, 0.15) is 34.9 Å². The molecule has 1 aromatic carbocycles. The van der Waals surface area contributed by atoms with Crippen molar-refractivity contribution >= 4 is 23.0 Å². The number of benzene rings is 1. The van der Waals surface area contributed by atoms with E-state index in [-0.39, 0.29) is 12.1 Å². The average molecular weight is 506 g/mol. The van der Waals surface area contributed by atoms with E-state index in [1.165, 1.54) is 4.80 Å². The van der Waals surface area contributed by atoms with Gasteiger partial charge in [-0.25, -0.2) is 9.97 Å². The number of alkyl halides is 2. The summed E-state index contributed by atoms with van der Waals surface area (Å²) in [7, 11) is 3.35. The number of rotatable bonds is 6. The largest absolute Gasteiger partial charge is 0.494 e. The monoisotopic (exact) mass is 505 g/mol. The lowest BCUT2D eigenvalue weighted by Gasteiger charge is -2.26. The number of nitrogens with one attached hydrogen (secondary N) is 4. The molecule has 3 aromatic heterocycles. The number of anilines is 3. The van der Waals surface area contributed by atoms with Crippen molar-refractivity contribution in [1.29, 1.82) is 0 Å². The Morgan fingerprint density at radius 3 is 2.84 bits per heavy atom. The summed E-state index contributed by atoms with van der Waals surface area (Å²) < 4.78 is 34.3. The first-order valence-corrected chi connectivity index (χ1v) is 11.8. The van der Waals surface area contributed by atoms with Crippen LogP contribution in [0.5, 0.6) is 5.75 Å². The second-order valence-corrected chi connectivity index (χ2v) is 9.03. The third-order valence-corrected chi connectivity index (χ3v) is 6.42. The van der Waals surface area contributed by atoms with Crippen LogP contribution in [-0.4, -0.2) is 43.2 Å². The van der Waals surface area contributed by atoms with Crippen LogP contribution in [0.1, 0.15) is 29.2 Å². The Morgan fingerprint density at radius 1 is 1.19 bits per heavy atom. The number of halogens is 2. The third-order valence-electron chi connectivity index (χ3n) is 6.42. The number of hydrogen-bond donors (Lipinski definition) is 4. The van der Waals surface area contributed by atoms with Crippen LogP contribution in [0.4, 0.5) is 26.1 Å². The molecule has 12 heteroatoms. The molecule has 1 atom stereocenters. The highest BCUT2D eigenvalue weighted by atomic mass is 19.3. The van der Waals surface area contributed by atoms with E-state index >= 15 is 0 Å². The van der Waals surface area contributed by atoms with Gasteiger partial charge in [-0.3, -0.25) is 0 Å². The van der Waals surface area contributed by atoms with Gasteiger partial charge < -0.3 is 25.7 Å². The molecule has 1 aliphatic carbocycles. The van der Waals surface area contributed by atoms with Crippen molar-refractivity contribution in [3.63, 3.8) is 0 Å². The van der Waals surface area contributed by atoms with Gasteiger partial charge in [-0.15, -0.1) is 0 Å². The number of nitrogens with zero attached hydrogens (tertiary/aromatic N) is 5. The van der Waals surface area contributed by atoms with Crippen molar-refractivity contribution in [3.8, 4) is 17.0 Å². The van der Waals surface area contributed by atoms with E-state index in [0.717, 1.165) is 22.8 Å². The van der Waals surface area contributed by atoms with E-state index in [2.05, 4.69) is 41.1 Å². The summed E-state index contributed by atoms with van der Waals surface area (Å²) in [6.07, 6.45) is 3.24. The van der Waals surface area contributed by atoms with Crippen molar-refractivity contribution in [2.24, 2.45) is 7.05 Å². The minimum Gasteiger partial charge on any atom is -0.494 e. The third kappa shape index (κ3) is 4.13. The van der Waals surface area contributed by atoms with Gasteiger partial charge in [0, 0.05) is 19.0 Å². The molecule has 1 unspecified atom stereocenters. The Morgan fingerprint density at radius 2 is 2.05 bits per heavy atom. The highest BCUT2D eigenvalue weighted by Gasteiger charge is 2.41. The molecule has 0 bridgehead atoms. The number of aromatic nitrogens is 6. The van der Waals surface area contributed by atoms with Crippen molar-refractivity contribution in [2.75, 3.05) is 23.1 Å². The molecule has 4 aromatic rings. The van der Waals surface area contributed by atoms with Crippen LogP contribution in [-0.2, 0) is 19.4 Å². The van der Waals surface area contributed by atoms with Gasteiger partial charge in [-0.05, 0) is 43.2 Å². The van der Waals surface area contributed by atoms with Crippen molar-refractivity contribution < 1.29 is 13.5 Å². The Bertz CT molecular complexity index is 1520. The summed E-state index contributed by atoms with van der Waals surface area (Å²) in [6, 6.07) is 9.15. The molecule has 2 aliphatic rings. The second kappa shape index (κ2) is 8.57.